The van der Waals surface area contributed by atoms with Crippen molar-refractivity contribution in [2.24, 2.45) is 11.8 Å². The van der Waals surface area contributed by atoms with E-state index in [1.54, 1.807) is 0 Å². The van der Waals surface area contributed by atoms with Crippen LogP contribution in [0.2, 0.25) is 0 Å². The topological polar surface area (TPSA) is 0 Å². The molecule has 0 unspecified atom stereocenters. The third-order valence-corrected chi connectivity index (χ3v) is 6.18. The van der Waals surface area contributed by atoms with E-state index >= 15 is 0 Å². The van der Waals surface area contributed by atoms with Gasteiger partial charge < -0.3 is 0 Å². The Hall–Kier alpha value is -2.44. The Morgan fingerprint density at radius 3 is 1.76 bits per heavy atom. The molecule has 0 aromatic heterocycles. The molecule has 0 atom stereocenters. The van der Waals surface area contributed by atoms with Crippen molar-refractivity contribution in [1.29, 1.82) is 0 Å². The van der Waals surface area contributed by atoms with Gasteiger partial charge in [0, 0.05) is 23.1 Å². The van der Waals surface area contributed by atoms with Crippen molar-refractivity contribution in [2.45, 2.75) is 71.6 Å². The molecule has 2 aromatic rings. The quantitative estimate of drug-likeness (QED) is 0.473. The lowest BCUT2D eigenvalue weighted by Gasteiger charge is -2.27. The van der Waals surface area contributed by atoms with Gasteiger partial charge in [-0.2, -0.15) is 0 Å². The van der Waals surface area contributed by atoms with E-state index in [-0.39, 0.29) is 0 Å². The fraction of sp³-hybridized carbons (Fsp3) is 0.448. The molecule has 2 aromatic carbocycles. The molecule has 0 saturated heterocycles. The smallest absolute Gasteiger partial charge is 0.0249 e. The molecule has 0 nitrogen and oxygen atoms in total. The van der Waals surface area contributed by atoms with E-state index in [0.717, 1.165) is 41.4 Å². The highest BCUT2D eigenvalue weighted by molar-refractivity contribution is 5.46. The SMILES string of the molecule is CCCC#Cc1ccc(C#Cc2ccc(CCC3CCC(CC)CC3)cc2)cc1. The van der Waals surface area contributed by atoms with E-state index in [1.165, 1.54) is 50.5 Å². The molecule has 0 spiro atoms. The van der Waals surface area contributed by atoms with Gasteiger partial charge in [-0.05, 0) is 73.1 Å². The zero-order valence-corrected chi connectivity index (χ0v) is 18.1. The Bertz CT molecular complexity index is 854. The summed E-state index contributed by atoms with van der Waals surface area (Å²) in [6, 6.07) is 17.1. The molecule has 3 rings (SSSR count). The van der Waals surface area contributed by atoms with Gasteiger partial charge in [0.05, 0.1) is 0 Å². The second-order valence-electron chi connectivity index (χ2n) is 8.41. The van der Waals surface area contributed by atoms with Crippen LogP contribution in [0.15, 0.2) is 48.5 Å². The van der Waals surface area contributed by atoms with Crippen LogP contribution in [-0.4, -0.2) is 0 Å². The van der Waals surface area contributed by atoms with Gasteiger partial charge in [-0.25, -0.2) is 0 Å². The first-order valence-corrected chi connectivity index (χ1v) is 11.5. The molecule has 0 heterocycles. The predicted octanol–water partition coefficient (Wildman–Crippen LogP) is 7.39. The second kappa shape index (κ2) is 11.5. The van der Waals surface area contributed by atoms with Crippen LogP contribution >= 0.6 is 0 Å². The second-order valence-corrected chi connectivity index (χ2v) is 8.41. The van der Waals surface area contributed by atoms with Gasteiger partial charge in [0.15, 0.2) is 0 Å². The summed E-state index contributed by atoms with van der Waals surface area (Å²) in [6.45, 7) is 4.49. The Labute approximate surface area is 178 Å². The van der Waals surface area contributed by atoms with Gasteiger partial charge >= 0.3 is 0 Å². The van der Waals surface area contributed by atoms with E-state index < -0.39 is 0 Å². The van der Waals surface area contributed by atoms with Crippen molar-refractivity contribution in [3.8, 4) is 23.7 Å². The number of rotatable bonds is 5. The Morgan fingerprint density at radius 2 is 1.21 bits per heavy atom. The lowest BCUT2D eigenvalue weighted by atomic mass is 9.78. The van der Waals surface area contributed by atoms with Crippen molar-refractivity contribution < 1.29 is 0 Å². The Balaban J connectivity index is 1.49. The van der Waals surface area contributed by atoms with Crippen molar-refractivity contribution in [2.75, 3.05) is 0 Å². The van der Waals surface area contributed by atoms with Gasteiger partial charge in [0.25, 0.3) is 0 Å². The highest BCUT2D eigenvalue weighted by Crippen LogP contribution is 2.33. The molecule has 0 radical (unpaired) electrons. The molecular weight excluding hydrogens is 348 g/mol. The Kier molecular flexibility index (Phi) is 8.46. The molecule has 0 aliphatic heterocycles. The summed E-state index contributed by atoms with van der Waals surface area (Å²) in [5.41, 5.74) is 4.64. The van der Waals surface area contributed by atoms with Crippen LogP contribution in [0.5, 0.6) is 0 Å². The van der Waals surface area contributed by atoms with E-state index in [2.05, 4.69) is 86.1 Å². The van der Waals surface area contributed by atoms with Gasteiger partial charge in [0.2, 0.25) is 0 Å². The summed E-state index contributed by atoms with van der Waals surface area (Å²) in [4.78, 5) is 0. The zero-order valence-electron chi connectivity index (χ0n) is 18.1. The number of hydrogen-bond acceptors (Lipinski definition) is 0. The lowest BCUT2D eigenvalue weighted by Crippen LogP contribution is -2.14. The van der Waals surface area contributed by atoms with Crippen molar-refractivity contribution in [1.82, 2.24) is 0 Å². The minimum Gasteiger partial charge on any atom is -0.0979 e. The van der Waals surface area contributed by atoms with Crippen molar-refractivity contribution >= 4 is 0 Å². The van der Waals surface area contributed by atoms with Crippen LogP contribution in [0.3, 0.4) is 0 Å². The summed E-state index contributed by atoms with van der Waals surface area (Å²) in [5.74, 6) is 14.9. The van der Waals surface area contributed by atoms with Crippen molar-refractivity contribution in [3.63, 3.8) is 0 Å². The summed E-state index contributed by atoms with van der Waals surface area (Å²) in [6.07, 6.45) is 11.7. The summed E-state index contributed by atoms with van der Waals surface area (Å²) in [7, 11) is 0. The maximum absolute atomic E-state index is 3.29. The average Bonchev–Trinajstić information content (AvgIpc) is 2.78. The minimum absolute atomic E-state index is 0.937. The molecule has 0 amide bonds. The van der Waals surface area contributed by atoms with Crippen LogP contribution in [0.4, 0.5) is 0 Å². The molecule has 1 aliphatic rings. The molecule has 0 bridgehead atoms. The van der Waals surface area contributed by atoms with E-state index in [1.807, 2.05) is 0 Å². The van der Waals surface area contributed by atoms with Crippen LogP contribution in [-0.2, 0) is 6.42 Å². The largest absolute Gasteiger partial charge is 0.0979 e. The molecule has 150 valence electrons. The number of benzene rings is 2. The van der Waals surface area contributed by atoms with E-state index in [0.29, 0.717) is 0 Å². The summed E-state index contributed by atoms with van der Waals surface area (Å²) >= 11 is 0. The van der Waals surface area contributed by atoms with Gasteiger partial charge in [-0.3, -0.25) is 0 Å². The first kappa shape index (κ1) is 21.3. The van der Waals surface area contributed by atoms with Gasteiger partial charge in [-0.15, -0.1) is 0 Å². The van der Waals surface area contributed by atoms with Crippen LogP contribution in [0.25, 0.3) is 0 Å². The number of hydrogen-bond donors (Lipinski definition) is 0. The summed E-state index contributed by atoms with van der Waals surface area (Å²) in [5, 5.41) is 0. The molecule has 1 fully saturated rings. The highest BCUT2D eigenvalue weighted by Gasteiger charge is 2.19. The maximum Gasteiger partial charge on any atom is 0.0249 e. The van der Waals surface area contributed by atoms with E-state index in [4.69, 9.17) is 0 Å². The third-order valence-electron chi connectivity index (χ3n) is 6.18. The zero-order chi connectivity index (χ0) is 20.3. The molecular formula is C29H34. The highest BCUT2D eigenvalue weighted by atomic mass is 14.2. The first-order chi connectivity index (χ1) is 14.3. The Morgan fingerprint density at radius 1 is 0.690 bits per heavy atom. The van der Waals surface area contributed by atoms with E-state index in [9.17, 15) is 0 Å². The van der Waals surface area contributed by atoms with Crippen molar-refractivity contribution in [3.05, 3.63) is 70.8 Å². The normalized spacial score (nSPS) is 18.3. The van der Waals surface area contributed by atoms with Gasteiger partial charge in [-0.1, -0.05) is 81.8 Å². The fourth-order valence-electron chi connectivity index (χ4n) is 4.12. The molecule has 0 heteroatoms. The standard InChI is InChI=1S/C29H34/c1-3-5-6-7-25-12-14-27(15-13-25)18-19-29-22-20-28(21-23-29)17-16-26-10-8-24(4-2)9-11-26/h12-15,20-24,26H,3-5,8-11,16-17H2,1-2H3. The molecule has 29 heavy (non-hydrogen) atoms. The monoisotopic (exact) mass is 382 g/mol. The average molecular weight is 383 g/mol. The fourth-order valence-corrected chi connectivity index (χ4v) is 4.12. The molecule has 0 N–H and O–H groups in total. The third kappa shape index (κ3) is 7.15. The van der Waals surface area contributed by atoms with Crippen LogP contribution < -0.4 is 0 Å². The lowest BCUT2D eigenvalue weighted by molar-refractivity contribution is 0.259. The minimum atomic E-state index is 0.937. The summed E-state index contributed by atoms with van der Waals surface area (Å²) < 4.78 is 0. The first-order valence-electron chi connectivity index (χ1n) is 11.5. The maximum atomic E-state index is 3.29. The van der Waals surface area contributed by atoms with Gasteiger partial charge in [0.1, 0.15) is 0 Å². The predicted molar refractivity (Wildman–Crippen MR) is 125 cm³/mol. The van der Waals surface area contributed by atoms with Crippen LogP contribution in [0.1, 0.15) is 87.5 Å². The molecule has 1 aliphatic carbocycles. The molecule has 1 saturated carbocycles. The van der Waals surface area contributed by atoms with Crippen LogP contribution in [0, 0.1) is 35.5 Å². The number of unbranched alkanes of at least 4 members (excludes halogenated alkanes) is 1. The number of aryl methyl sites for hydroxylation is 1.